The average Bonchev–Trinajstić information content (AvgIpc) is 3.12. The Morgan fingerprint density at radius 3 is 1.06 bits per heavy atom. The number of fused-ring (bicyclic) bond motifs is 2. The number of carbonyl (C=O) groups excluding carboxylic acids is 4. The molecule has 9 rings (SSSR count). The summed E-state index contributed by atoms with van der Waals surface area (Å²) in [6.07, 6.45) is 1.46. The molecular weight excluding hydrogens is 886 g/mol. The van der Waals surface area contributed by atoms with E-state index in [1.165, 1.54) is 9.80 Å². The van der Waals surface area contributed by atoms with Crippen LogP contribution in [0, 0.1) is 0 Å². The van der Waals surface area contributed by atoms with Gasteiger partial charge in [-0.2, -0.15) is 0 Å². The first-order valence-electron chi connectivity index (χ1n) is 17.9. The van der Waals surface area contributed by atoms with Gasteiger partial charge in [-0.25, -0.2) is 0 Å². The topological polar surface area (TPSA) is 93.2 Å². The number of nitrogens with zero attached hydrogens (tertiary/aromatic N) is 4. The molecule has 2 saturated heterocycles. The zero-order chi connectivity index (χ0) is 34.4. The van der Waals surface area contributed by atoms with Crippen molar-refractivity contribution in [3.8, 4) is 0 Å². The van der Waals surface area contributed by atoms with Crippen LogP contribution in [0.4, 0.5) is 0 Å². The highest BCUT2D eigenvalue weighted by Gasteiger charge is 2.37. The van der Waals surface area contributed by atoms with E-state index in [-0.39, 0.29) is 71.6 Å². The first-order valence-corrected chi connectivity index (χ1v) is 17.9. The fourth-order valence-electron chi connectivity index (χ4n) is 9.01. The number of likely N-dealkylation sites (N-methyl/N-ethyl adjacent to an activating group) is 2. The van der Waals surface area contributed by atoms with Crippen LogP contribution in [0.2, 0.25) is 0 Å². The first kappa shape index (κ1) is 37.3. The third kappa shape index (κ3) is 5.79. The van der Waals surface area contributed by atoms with Crippen molar-refractivity contribution in [2.75, 3.05) is 92.9 Å². The summed E-state index contributed by atoms with van der Waals surface area (Å²) < 4.78 is 12.8. The summed E-state index contributed by atoms with van der Waals surface area (Å²) in [6, 6.07) is 15.3. The summed E-state index contributed by atoms with van der Waals surface area (Å²) >= 11 is 0. The number of benzene rings is 5. The van der Waals surface area contributed by atoms with Crippen molar-refractivity contribution in [2.45, 2.75) is 12.8 Å². The molecule has 4 amide bonds. The van der Waals surface area contributed by atoms with E-state index >= 15 is 0 Å². The zero-order valence-electron chi connectivity index (χ0n) is 29.5. The van der Waals surface area contributed by atoms with Gasteiger partial charge in [-0.05, 0) is 56.6 Å². The van der Waals surface area contributed by atoms with Crippen molar-refractivity contribution in [3.63, 3.8) is 0 Å². The number of halogens is 2. The molecule has 4 heterocycles. The van der Waals surface area contributed by atoms with E-state index in [1.807, 2.05) is 48.5 Å². The summed E-state index contributed by atoms with van der Waals surface area (Å²) in [5, 5.41) is 6.73. The first-order chi connectivity index (χ1) is 24.2. The summed E-state index contributed by atoms with van der Waals surface area (Å²) in [7, 11) is 4.42. The number of amides is 4. The van der Waals surface area contributed by atoms with Gasteiger partial charge in [0.25, 0.3) is 23.6 Å². The Bertz CT molecular complexity index is 2000. The fraction of sp³-hybridized carbons (Fsp3) is 0.400. The molecule has 5 aromatic carbocycles. The van der Waals surface area contributed by atoms with Crippen LogP contribution in [0.1, 0.15) is 54.3 Å². The normalized spacial score (nSPS) is 19.5. The number of carbonyl (C=O) groups is 4. The maximum Gasteiger partial charge on any atom is 0.261 e. The van der Waals surface area contributed by atoms with E-state index in [9.17, 15) is 19.2 Å². The van der Waals surface area contributed by atoms with Crippen molar-refractivity contribution in [3.05, 3.63) is 70.8 Å². The zero-order valence-corrected chi connectivity index (χ0v) is 33.8. The predicted octanol–water partition coefficient (Wildman–Crippen LogP) is -1.33. The molecule has 52 heavy (non-hydrogen) atoms. The highest BCUT2D eigenvalue weighted by atomic mass is 127. The molecule has 0 N–H and O–H groups in total. The van der Waals surface area contributed by atoms with Gasteiger partial charge in [0.15, 0.2) is 0 Å². The molecule has 0 aromatic heterocycles. The third-order valence-electron chi connectivity index (χ3n) is 12.1. The van der Waals surface area contributed by atoms with E-state index in [0.717, 1.165) is 120 Å². The van der Waals surface area contributed by atoms with Gasteiger partial charge in [-0.1, -0.05) is 24.3 Å². The van der Waals surface area contributed by atoms with Crippen LogP contribution < -0.4 is 48.0 Å². The minimum Gasteiger partial charge on any atom is -1.00 e. The van der Waals surface area contributed by atoms with Crippen LogP contribution in [0.15, 0.2) is 48.5 Å². The van der Waals surface area contributed by atoms with E-state index in [0.29, 0.717) is 46.1 Å². The molecule has 0 atom stereocenters. The van der Waals surface area contributed by atoms with Crippen LogP contribution in [0.25, 0.3) is 43.1 Å². The number of hydrogen-bond acceptors (Lipinski definition) is 6. The van der Waals surface area contributed by atoms with Gasteiger partial charge in [0, 0.05) is 59.0 Å². The largest absolute Gasteiger partial charge is 1.00 e. The lowest BCUT2D eigenvalue weighted by atomic mass is 9.82. The van der Waals surface area contributed by atoms with Crippen LogP contribution in [-0.2, 0) is 9.47 Å². The van der Waals surface area contributed by atoms with Gasteiger partial charge < -0.3 is 66.4 Å². The van der Waals surface area contributed by atoms with Crippen molar-refractivity contribution in [2.24, 2.45) is 0 Å². The molecule has 12 heteroatoms. The Hall–Kier alpha value is -3.02. The number of ether oxygens (including phenoxy) is 2. The van der Waals surface area contributed by atoms with Gasteiger partial charge in [0.05, 0.1) is 53.6 Å². The molecule has 4 aliphatic rings. The van der Waals surface area contributed by atoms with Crippen molar-refractivity contribution in [1.82, 2.24) is 9.80 Å². The minimum absolute atomic E-state index is 0. The Kier molecular flexibility index (Phi) is 10.0. The second-order valence-electron chi connectivity index (χ2n) is 15.2. The minimum atomic E-state index is -0.257. The van der Waals surface area contributed by atoms with Gasteiger partial charge in [0.1, 0.15) is 26.2 Å². The van der Waals surface area contributed by atoms with Crippen LogP contribution in [-0.4, -0.2) is 135 Å². The maximum absolute atomic E-state index is 14.0. The monoisotopic (exact) mass is 928 g/mol. The molecule has 10 nitrogen and oxygen atoms in total. The number of morpholine rings is 2. The molecular formula is C40H42I2N4O6. The smallest absolute Gasteiger partial charge is 0.261 e. The molecule has 0 radical (unpaired) electrons. The molecule has 0 saturated carbocycles. The average molecular weight is 929 g/mol. The van der Waals surface area contributed by atoms with Gasteiger partial charge in [0.2, 0.25) is 0 Å². The van der Waals surface area contributed by atoms with Crippen molar-refractivity contribution < 1.29 is 85.6 Å². The molecule has 2 fully saturated rings. The maximum atomic E-state index is 14.0. The van der Waals surface area contributed by atoms with Crippen molar-refractivity contribution >= 4 is 66.7 Å². The van der Waals surface area contributed by atoms with E-state index < -0.39 is 0 Å². The number of quaternary nitrogens is 2. The van der Waals surface area contributed by atoms with Gasteiger partial charge >= 0.3 is 0 Å². The Balaban J connectivity index is 0.00000210. The molecule has 0 spiro atoms. The molecule has 0 unspecified atom stereocenters. The second kappa shape index (κ2) is 14.0. The number of hydrogen-bond donors (Lipinski definition) is 0. The summed E-state index contributed by atoms with van der Waals surface area (Å²) in [5.41, 5.74) is 2.15. The van der Waals surface area contributed by atoms with E-state index in [4.69, 9.17) is 9.47 Å². The van der Waals surface area contributed by atoms with Crippen LogP contribution in [0.5, 0.6) is 0 Å². The molecule has 272 valence electrons. The van der Waals surface area contributed by atoms with Gasteiger partial charge in [-0.3, -0.25) is 29.0 Å². The summed E-state index contributed by atoms with van der Waals surface area (Å²) in [6.45, 7) is 9.17. The highest BCUT2D eigenvalue weighted by molar-refractivity contribution is 6.41. The molecule has 0 aliphatic carbocycles. The van der Waals surface area contributed by atoms with Crippen LogP contribution >= 0.6 is 0 Å². The second-order valence-corrected chi connectivity index (χ2v) is 15.2. The number of rotatable bonds is 8. The molecule has 5 aromatic rings. The lowest BCUT2D eigenvalue weighted by Gasteiger charge is -2.38. The summed E-state index contributed by atoms with van der Waals surface area (Å²) in [4.78, 5) is 58.7. The lowest BCUT2D eigenvalue weighted by molar-refractivity contribution is -0.917. The summed E-state index contributed by atoms with van der Waals surface area (Å²) in [5.74, 6) is -1.03. The highest BCUT2D eigenvalue weighted by Crippen LogP contribution is 2.46. The van der Waals surface area contributed by atoms with Crippen LogP contribution in [0.3, 0.4) is 0 Å². The fourth-order valence-corrected chi connectivity index (χ4v) is 9.01. The van der Waals surface area contributed by atoms with Gasteiger partial charge in [-0.15, -0.1) is 0 Å². The number of imide groups is 2. The predicted molar refractivity (Wildman–Crippen MR) is 191 cm³/mol. The Morgan fingerprint density at radius 2 is 0.769 bits per heavy atom. The van der Waals surface area contributed by atoms with E-state index in [1.54, 1.807) is 0 Å². The molecule has 0 bridgehead atoms. The lowest BCUT2D eigenvalue weighted by Crippen LogP contribution is -3.00. The quantitative estimate of drug-likeness (QED) is 0.0631. The SMILES string of the molecule is C[N+]1(CCCN2C(=O)c3ccc4c5ccc6c7c(ccc(c8ccc(c3c48)C2=O)c75)C(=O)N(CCC[N+]2(C)CCOCC2)C6=O)CCOCC1.[I-].[I-]. The van der Waals surface area contributed by atoms with Crippen molar-refractivity contribution in [1.29, 1.82) is 0 Å². The standard InChI is InChI=1S/C40H42N4O6.2HI/c1-43(17-21-49-22-18-43)15-3-13-41-37(45)29-9-5-25-27-7-11-31-36-32(40(48)42(39(31)47)14-4-16-44(2)19-23-50-24-20-44)12-8-28(34(27)36)26-6-10-30(38(41)46)35(29)33(25)26;;/h5-12H,3-4,13-24H2,1-2H3;2*1H/q+2;;/p-2. The van der Waals surface area contributed by atoms with E-state index in [2.05, 4.69) is 14.1 Å². The Labute approximate surface area is 336 Å². The third-order valence-corrected chi connectivity index (χ3v) is 12.1. The molecule has 4 aliphatic heterocycles. The Morgan fingerprint density at radius 1 is 0.481 bits per heavy atom.